The van der Waals surface area contributed by atoms with Crippen LogP contribution in [0.2, 0.25) is 0 Å². The molecular formula is C16H29N3OS. The van der Waals surface area contributed by atoms with E-state index in [1.54, 1.807) is 7.11 Å². The van der Waals surface area contributed by atoms with Gasteiger partial charge in [-0.1, -0.05) is 13.8 Å². The molecule has 21 heavy (non-hydrogen) atoms. The molecule has 1 saturated carbocycles. The molecule has 0 unspecified atom stereocenters. The third kappa shape index (κ3) is 5.24. The van der Waals surface area contributed by atoms with Gasteiger partial charge in [0.25, 0.3) is 0 Å². The summed E-state index contributed by atoms with van der Waals surface area (Å²) in [6, 6.07) is 0. The van der Waals surface area contributed by atoms with Gasteiger partial charge in [-0.15, -0.1) is 11.3 Å². The fourth-order valence-corrected chi connectivity index (χ4v) is 3.34. The normalized spacial score (nSPS) is 14.9. The molecule has 120 valence electrons. The van der Waals surface area contributed by atoms with Gasteiger partial charge in [0.2, 0.25) is 0 Å². The molecule has 1 aromatic heterocycles. The number of ether oxygens (including phenoxy) is 1. The van der Waals surface area contributed by atoms with Gasteiger partial charge >= 0.3 is 0 Å². The fraction of sp³-hybridized carbons (Fsp3) is 0.812. The molecular weight excluding hydrogens is 282 g/mol. The summed E-state index contributed by atoms with van der Waals surface area (Å²) in [6.07, 6.45) is 3.84. The minimum Gasteiger partial charge on any atom is -0.383 e. The van der Waals surface area contributed by atoms with Gasteiger partial charge in [0.1, 0.15) is 0 Å². The molecule has 0 spiro atoms. The van der Waals surface area contributed by atoms with Crippen LogP contribution in [0.25, 0.3) is 0 Å². The van der Waals surface area contributed by atoms with E-state index in [0.717, 1.165) is 32.2 Å². The first-order valence-electron chi connectivity index (χ1n) is 8.02. The summed E-state index contributed by atoms with van der Waals surface area (Å²) >= 11 is 1.86. The van der Waals surface area contributed by atoms with Crippen molar-refractivity contribution in [3.63, 3.8) is 0 Å². The van der Waals surface area contributed by atoms with Crippen LogP contribution in [0.4, 0.5) is 5.13 Å². The SMILES string of the molecule is COCCNCc1sc(N(C)CCC(C)C)nc1C1CC1. The van der Waals surface area contributed by atoms with Crippen LogP contribution in [-0.2, 0) is 11.3 Å². The molecule has 1 N–H and O–H groups in total. The van der Waals surface area contributed by atoms with E-state index >= 15 is 0 Å². The molecule has 1 aliphatic rings. The van der Waals surface area contributed by atoms with Crippen LogP contribution in [0.15, 0.2) is 0 Å². The number of nitrogens with one attached hydrogen (secondary N) is 1. The first-order chi connectivity index (χ1) is 10.1. The van der Waals surface area contributed by atoms with Gasteiger partial charge in [0.15, 0.2) is 5.13 Å². The first kappa shape index (κ1) is 16.7. The number of hydrogen-bond donors (Lipinski definition) is 1. The number of rotatable bonds is 10. The molecule has 0 atom stereocenters. The highest BCUT2D eigenvalue weighted by Crippen LogP contribution is 2.44. The molecule has 0 saturated heterocycles. The van der Waals surface area contributed by atoms with Crippen LogP contribution >= 0.6 is 11.3 Å². The lowest BCUT2D eigenvalue weighted by molar-refractivity contribution is 0.199. The van der Waals surface area contributed by atoms with Gasteiger partial charge in [-0.2, -0.15) is 0 Å². The lowest BCUT2D eigenvalue weighted by Gasteiger charge is -2.16. The Morgan fingerprint density at radius 1 is 1.43 bits per heavy atom. The zero-order valence-electron chi connectivity index (χ0n) is 13.8. The van der Waals surface area contributed by atoms with Gasteiger partial charge in [-0.3, -0.25) is 0 Å². The lowest BCUT2D eigenvalue weighted by atomic mass is 10.1. The summed E-state index contributed by atoms with van der Waals surface area (Å²) < 4.78 is 5.08. The molecule has 0 bridgehead atoms. The van der Waals surface area contributed by atoms with Crippen LogP contribution in [0.1, 0.15) is 49.6 Å². The van der Waals surface area contributed by atoms with Crippen molar-refractivity contribution < 1.29 is 4.74 Å². The van der Waals surface area contributed by atoms with E-state index in [9.17, 15) is 0 Å². The zero-order chi connectivity index (χ0) is 15.2. The van der Waals surface area contributed by atoms with Crippen LogP contribution in [0, 0.1) is 5.92 Å². The van der Waals surface area contributed by atoms with Crippen molar-refractivity contribution in [1.82, 2.24) is 10.3 Å². The summed E-state index contributed by atoms with van der Waals surface area (Å²) in [7, 11) is 3.91. The maximum atomic E-state index is 5.08. The molecule has 1 aromatic rings. The largest absolute Gasteiger partial charge is 0.383 e. The van der Waals surface area contributed by atoms with E-state index in [4.69, 9.17) is 9.72 Å². The predicted molar refractivity (Wildman–Crippen MR) is 90.4 cm³/mol. The minimum absolute atomic E-state index is 0.715. The van der Waals surface area contributed by atoms with Gasteiger partial charge in [0.05, 0.1) is 12.3 Å². The number of aromatic nitrogens is 1. The van der Waals surface area contributed by atoms with Gasteiger partial charge < -0.3 is 15.0 Å². The lowest BCUT2D eigenvalue weighted by Crippen LogP contribution is -2.19. The van der Waals surface area contributed by atoms with Crippen LogP contribution < -0.4 is 10.2 Å². The van der Waals surface area contributed by atoms with Crippen LogP contribution in [0.5, 0.6) is 0 Å². The Kier molecular flexibility index (Phi) is 6.45. The Bertz CT molecular complexity index is 429. The van der Waals surface area contributed by atoms with Gasteiger partial charge in [0, 0.05) is 44.6 Å². The van der Waals surface area contributed by atoms with Crippen molar-refractivity contribution in [2.75, 3.05) is 38.8 Å². The van der Waals surface area contributed by atoms with Crippen molar-refractivity contribution in [1.29, 1.82) is 0 Å². The quantitative estimate of drug-likeness (QED) is 0.673. The second-order valence-electron chi connectivity index (χ2n) is 6.35. The Hall–Kier alpha value is -0.650. The molecule has 0 amide bonds. The molecule has 1 fully saturated rings. The highest BCUT2D eigenvalue weighted by Gasteiger charge is 2.30. The third-order valence-electron chi connectivity index (χ3n) is 3.82. The van der Waals surface area contributed by atoms with E-state index in [0.29, 0.717) is 5.92 Å². The van der Waals surface area contributed by atoms with Crippen molar-refractivity contribution in [2.24, 2.45) is 5.92 Å². The molecule has 0 radical (unpaired) electrons. The minimum atomic E-state index is 0.715. The summed E-state index contributed by atoms with van der Waals surface area (Å²) in [4.78, 5) is 8.65. The third-order valence-corrected chi connectivity index (χ3v) is 5.00. The van der Waals surface area contributed by atoms with Crippen molar-refractivity contribution in [3.05, 3.63) is 10.6 Å². The molecule has 0 aliphatic heterocycles. The summed E-state index contributed by atoms with van der Waals surface area (Å²) in [5.41, 5.74) is 1.34. The number of nitrogens with zero attached hydrogens (tertiary/aromatic N) is 2. The molecule has 4 nitrogen and oxygen atoms in total. The number of thiazole rings is 1. The Morgan fingerprint density at radius 2 is 2.19 bits per heavy atom. The summed E-state index contributed by atoms with van der Waals surface area (Å²) in [5.74, 6) is 1.46. The monoisotopic (exact) mass is 311 g/mol. The van der Waals surface area contributed by atoms with E-state index in [1.807, 2.05) is 11.3 Å². The summed E-state index contributed by atoms with van der Waals surface area (Å²) in [6.45, 7) is 8.22. The van der Waals surface area contributed by atoms with Crippen molar-refractivity contribution in [2.45, 2.75) is 45.6 Å². The highest BCUT2D eigenvalue weighted by atomic mass is 32.1. The molecule has 1 aliphatic carbocycles. The average Bonchev–Trinajstić information content (AvgIpc) is 3.21. The highest BCUT2D eigenvalue weighted by molar-refractivity contribution is 7.15. The second-order valence-corrected chi connectivity index (χ2v) is 7.41. The maximum Gasteiger partial charge on any atom is 0.185 e. The van der Waals surface area contributed by atoms with E-state index in [2.05, 4.69) is 31.1 Å². The summed E-state index contributed by atoms with van der Waals surface area (Å²) in [5, 5.41) is 4.64. The molecule has 0 aromatic carbocycles. The molecule has 5 heteroatoms. The van der Waals surface area contributed by atoms with E-state index < -0.39 is 0 Å². The van der Waals surface area contributed by atoms with Gasteiger partial charge in [-0.05, 0) is 25.2 Å². The maximum absolute atomic E-state index is 5.08. The zero-order valence-corrected chi connectivity index (χ0v) is 14.6. The molecule has 1 heterocycles. The first-order valence-corrected chi connectivity index (χ1v) is 8.83. The predicted octanol–water partition coefficient (Wildman–Crippen LogP) is 3.24. The number of methoxy groups -OCH3 is 1. The van der Waals surface area contributed by atoms with Crippen LogP contribution in [-0.4, -0.2) is 38.8 Å². The average molecular weight is 311 g/mol. The Labute approximate surface area is 132 Å². The molecule has 2 rings (SSSR count). The van der Waals surface area contributed by atoms with Crippen LogP contribution in [0.3, 0.4) is 0 Å². The Balaban J connectivity index is 1.95. The smallest absolute Gasteiger partial charge is 0.185 e. The Morgan fingerprint density at radius 3 is 2.81 bits per heavy atom. The fourth-order valence-electron chi connectivity index (χ4n) is 2.24. The van der Waals surface area contributed by atoms with Crippen molar-refractivity contribution in [3.8, 4) is 0 Å². The van der Waals surface area contributed by atoms with Crippen molar-refractivity contribution >= 4 is 16.5 Å². The number of anilines is 1. The second kappa shape index (κ2) is 8.11. The number of hydrogen-bond acceptors (Lipinski definition) is 5. The van der Waals surface area contributed by atoms with E-state index in [-0.39, 0.29) is 0 Å². The topological polar surface area (TPSA) is 37.4 Å². The van der Waals surface area contributed by atoms with E-state index in [1.165, 1.54) is 35.0 Å². The standard InChI is InChI=1S/C16H29N3OS/c1-12(2)7-9-19(3)16-18-15(13-5-6-13)14(21-16)11-17-8-10-20-4/h12-13,17H,5-11H2,1-4H3. The van der Waals surface area contributed by atoms with Gasteiger partial charge in [-0.25, -0.2) is 4.98 Å².